The smallest absolute Gasteiger partial charge is 0.328 e. The summed E-state index contributed by atoms with van der Waals surface area (Å²) in [6, 6.07) is 34.0. The van der Waals surface area contributed by atoms with Crippen LogP contribution in [0.4, 0.5) is 0 Å². The van der Waals surface area contributed by atoms with Crippen molar-refractivity contribution in [2.24, 2.45) is 5.41 Å². The van der Waals surface area contributed by atoms with E-state index >= 15 is 0 Å². The molecule has 3 atom stereocenters. The third-order valence-corrected chi connectivity index (χ3v) is 12.4. The maximum absolute atomic E-state index is 11.2. The van der Waals surface area contributed by atoms with Crippen molar-refractivity contribution in [3.05, 3.63) is 144 Å². The zero-order valence-electron chi connectivity index (χ0n) is 32.8. The molecule has 0 fully saturated rings. The molecule has 12 nitrogen and oxygen atoms in total. The second kappa shape index (κ2) is 25.2. The highest BCUT2D eigenvalue weighted by atomic mass is 31.2. The number of hydrogen-bond acceptors (Lipinski definition) is 12. The number of rotatable bonds is 28. The molecule has 318 valence electrons. The van der Waals surface area contributed by atoms with Crippen molar-refractivity contribution in [1.29, 1.82) is 0 Å². The molecule has 16 heteroatoms. The number of benzene rings is 4. The molecule has 4 aromatic carbocycles. The van der Waals surface area contributed by atoms with Crippen molar-refractivity contribution in [3.8, 4) is 0 Å². The second-order valence-corrected chi connectivity index (χ2v) is 17.1. The van der Waals surface area contributed by atoms with Crippen LogP contribution in [0.2, 0.25) is 0 Å². The summed E-state index contributed by atoms with van der Waals surface area (Å²) >= 11 is 0. The molecule has 4 aromatic rings. The van der Waals surface area contributed by atoms with Crippen LogP contribution in [-0.2, 0) is 29.3 Å². The average Bonchev–Trinajstić information content (AvgIpc) is 3.22. The lowest BCUT2D eigenvalue weighted by molar-refractivity contribution is -0.235. The molecule has 58 heavy (non-hydrogen) atoms. The van der Waals surface area contributed by atoms with Crippen LogP contribution in [0.1, 0.15) is 112 Å². The van der Waals surface area contributed by atoms with E-state index in [9.17, 15) is 39.1 Å². The lowest BCUT2D eigenvalue weighted by Crippen LogP contribution is -2.65. The van der Waals surface area contributed by atoms with Gasteiger partial charge in [-0.2, -0.15) is 0 Å². The summed E-state index contributed by atoms with van der Waals surface area (Å²) in [6.45, 7) is 1.39. The van der Waals surface area contributed by atoms with E-state index in [0.29, 0.717) is 24.0 Å². The lowest BCUT2D eigenvalue weighted by atomic mass is 9.51. The monoisotopic (exact) mass is 878 g/mol. The fourth-order valence-corrected chi connectivity index (χ4v) is 10.4. The van der Waals surface area contributed by atoms with Gasteiger partial charge in [-0.3, -0.25) is 4.52 Å². The van der Waals surface area contributed by atoms with Gasteiger partial charge in [0, 0.05) is 0 Å². The first-order valence-electron chi connectivity index (χ1n) is 19.6. The molecule has 0 aliphatic rings. The van der Waals surface area contributed by atoms with Crippen LogP contribution in [0, 0.1) is 5.41 Å². The van der Waals surface area contributed by atoms with E-state index in [4.69, 9.17) is 18.1 Å². The molecule has 8 N–H and O–H groups in total. The SMILES string of the molecule is CCCCCCCCCCCCCC(OP(O)O)(c1ccccc1)C(COP(O)O)(C(OP(O)O)c1ccccc1)C(OP(O)O)(c1ccccc1)c1ccccc1. The van der Waals surface area contributed by atoms with Gasteiger partial charge in [0.15, 0.2) is 0 Å². The maximum atomic E-state index is 11.2. The van der Waals surface area contributed by atoms with Crippen LogP contribution in [0.25, 0.3) is 0 Å². The summed E-state index contributed by atoms with van der Waals surface area (Å²) in [5, 5.41) is 0. The fraction of sp³-hybridized carbons (Fsp3) is 0.429. The molecule has 0 aliphatic carbocycles. The quantitative estimate of drug-likeness (QED) is 0.0199. The third-order valence-electron chi connectivity index (χ3n) is 10.7. The Kier molecular flexibility index (Phi) is 21.2. The van der Waals surface area contributed by atoms with Crippen molar-refractivity contribution in [1.82, 2.24) is 0 Å². The Bertz CT molecular complexity index is 1640. The summed E-state index contributed by atoms with van der Waals surface area (Å²) in [4.78, 5) is 87.8. The van der Waals surface area contributed by atoms with Gasteiger partial charge in [-0.15, -0.1) is 0 Å². The fourth-order valence-electron chi connectivity index (χ4n) is 8.32. The Morgan fingerprint density at radius 1 is 0.466 bits per heavy atom. The third kappa shape index (κ3) is 12.6. The van der Waals surface area contributed by atoms with Crippen LogP contribution < -0.4 is 0 Å². The van der Waals surface area contributed by atoms with Gasteiger partial charge in [-0.1, -0.05) is 199 Å². The Balaban J connectivity index is 2.13. The van der Waals surface area contributed by atoms with E-state index in [-0.39, 0.29) is 17.5 Å². The zero-order chi connectivity index (χ0) is 41.9. The van der Waals surface area contributed by atoms with Crippen LogP contribution >= 0.6 is 34.4 Å². The van der Waals surface area contributed by atoms with Crippen LogP contribution in [-0.4, -0.2) is 45.8 Å². The predicted octanol–water partition coefficient (Wildman–Crippen LogP) is 10.2. The van der Waals surface area contributed by atoms with Gasteiger partial charge in [-0.25, -0.2) is 0 Å². The van der Waals surface area contributed by atoms with Crippen molar-refractivity contribution < 1.29 is 57.2 Å². The minimum atomic E-state index is -3.33. The molecule has 0 heterocycles. The number of hydrogen-bond donors (Lipinski definition) is 8. The van der Waals surface area contributed by atoms with Gasteiger partial charge in [0.2, 0.25) is 0 Å². The van der Waals surface area contributed by atoms with E-state index < -0.39 is 63.7 Å². The molecule has 0 aromatic heterocycles. The zero-order valence-corrected chi connectivity index (χ0v) is 36.4. The highest BCUT2D eigenvalue weighted by molar-refractivity contribution is 7.40. The van der Waals surface area contributed by atoms with Crippen LogP contribution in [0.3, 0.4) is 0 Å². The first-order chi connectivity index (χ1) is 28.0. The molecule has 3 unspecified atom stereocenters. The van der Waals surface area contributed by atoms with Crippen molar-refractivity contribution >= 4 is 34.4 Å². The highest BCUT2D eigenvalue weighted by Gasteiger charge is 2.73. The van der Waals surface area contributed by atoms with Gasteiger partial charge in [-0.05, 0) is 28.7 Å². The Morgan fingerprint density at radius 2 is 0.879 bits per heavy atom. The lowest BCUT2D eigenvalue weighted by Gasteiger charge is -2.61. The molecular weight excluding hydrogens is 820 g/mol. The van der Waals surface area contributed by atoms with Crippen molar-refractivity contribution in [3.63, 3.8) is 0 Å². The van der Waals surface area contributed by atoms with Gasteiger partial charge >= 0.3 is 34.4 Å². The Hall–Kier alpha value is -1.88. The Morgan fingerprint density at radius 3 is 1.29 bits per heavy atom. The topological polar surface area (TPSA) is 199 Å². The Labute approximate surface area is 347 Å². The summed E-state index contributed by atoms with van der Waals surface area (Å²) in [5.41, 5.74) is -5.43. The molecule has 0 bridgehead atoms. The maximum Gasteiger partial charge on any atom is 0.328 e. The molecule has 4 rings (SSSR count). The molecule has 0 amide bonds. The second-order valence-electron chi connectivity index (χ2n) is 14.2. The minimum absolute atomic E-state index is 0.0207. The van der Waals surface area contributed by atoms with Crippen molar-refractivity contribution in [2.75, 3.05) is 6.61 Å². The van der Waals surface area contributed by atoms with Crippen LogP contribution in [0.15, 0.2) is 121 Å². The summed E-state index contributed by atoms with van der Waals surface area (Å²) in [5.74, 6) is 0. The van der Waals surface area contributed by atoms with Gasteiger partial charge in [0.1, 0.15) is 17.3 Å². The largest absolute Gasteiger partial charge is 0.328 e. The molecule has 0 radical (unpaired) electrons. The molecular formula is C42H58O12P4. The molecule has 0 spiro atoms. The predicted molar refractivity (Wildman–Crippen MR) is 229 cm³/mol. The molecule has 0 saturated heterocycles. The summed E-state index contributed by atoms with van der Waals surface area (Å²) < 4.78 is 25.3. The normalized spacial score (nSPS) is 14.9. The first-order valence-corrected chi connectivity index (χ1v) is 24.3. The number of unbranched alkanes of at least 4 members (excludes halogenated alkanes) is 10. The van der Waals surface area contributed by atoms with Gasteiger partial charge < -0.3 is 52.7 Å². The van der Waals surface area contributed by atoms with Gasteiger partial charge in [0.25, 0.3) is 0 Å². The minimum Gasteiger partial charge on any atom is -0.328 e. The molecule has 0 saturated carbocycles. The average molecular weight is 879 g/mol. The van der Waals surface area contributed by atoms with E-state index in [2.05, 4.69) is 6.92 Å². The molecule has 0 aliphatic heterocycles. The standard InChI is InChI=1S/C42H58O12P4/c1-2-3-4-5-6-7-8-9-10-11-24-33-41(53-57(47)48,36-27-18-13-19-28-36)40(34-51-55(43)44,39(52-56(45)46)35-25-16-12-17-26-35)42(54-58(49)50,37-29-20-14-21-30-37)38-31-22-15-23-32-38/h12-23,25-32,39,43-50H,2-11,24,33-34H2,1H3. The highest BCUT2D eigenvalue weighted by Crippen LogP contribution is 2.71. The van der Waals surface area contributed by atoms with Gasteiger partial charge in [0.05, 0.1) is 12.0 Å². The van der Waals surface area contributed by atoms with E-state index in [0.717, 1.165) is 25.7 Å². The van der Waals surface area contributed by atoms with Crippen LogP contribution in [0.5, 0.6) is 0 Å². The van der Waals surface area contributed by atoms with E-state index in [1.165, 1.54) is 32.1 Å². The van der Waals surface area contributed by atoms with Crippen molar-refractivity contribution in [2.45, 2.75) is 101 Å². The first kappa shape index (κ1) is 48.8. The van der Waals surface area contributed by atoms with E-state index in [1.807, 2.05) is 0 Å². The summed E-state index contributed by atoms with van der Waals surface area (Å²) in [7, 11) is -13.0. The summed E-state index contributed by atoms with van der Waals surface area (Å²) in [6.07, 6.45) is 9.51. The van der Waals surface area contributed by atoms with E-state index in [1.54, 1.807) is 121 Å².